The zero-order chi connectivity index (χ0) is 32.4. The van der Waals surface area contributed by atoms with E-state index < -0.39 is 31.6 Å². The summed E-state index contributed by atoms with van der Waals surface area (Å²) in [5, 5.41) is 23.7. The number of aromatic nitrogens is 3. The van der Waals surface area contributed by atoms with Crippen molar-refractivity contribution >= 4 is 37.6 Å². The van der Waals surface area contributed by atoms with Gasteiger partial charge in [0, 0.05) is 61.4 Å². The molecule has 5 atom stereocenters. The summed E-state index contributed by atoms with van der Waals surface area (Å²) in [5.41, 5.74) is 0.594. The first-order chi connectivity index (χ1) is 21.5. The number of nitrogens with one attached hydrogen (secondary N) is 2. The van der Waals surface area contributed by atoms with Gasteiger partial charge in [0.25, 0.3) is 5.91 Å². The number of esters is 1. The predicted molar refractivity (Wildman–Crippen MR) is 168 cm³/mol. The van der Waals surface area contributed by atoms with Gasteiger partial charge in [0.05, 0.1) is 30.6 Å². The predicted octanol–water partition coefficient (Wildman–Crippen LogP) is 3.06. The molecule has 45 heavy (non-hydrogen) atoms. The summed E-state index contributed by atoms with van der Waals surface area (Å²) < 4.78 is 29.5. The fourth-order valence-electron chi connectivity index (χ4n) is 7.33. The molecule has 14 heteroatoms. The van der Waals surface area contributed by atoms with Gasteiger partial charge in [0.2, 0.25) is 14.3 Å². The summed E-state index contributed by atoms with van der Waals surface area (Å²) in [6, 6.07) is 5.16. The molecule has 12 nitrogen and oxygen atoms in total. The zero-order valence-corrected chi connectivity index (χ0v) is 27.6. The van der Waals surface area contributed by atoms with E-state index in [0.717, 1.165) is 19.4 Å². The highest BCUT2D eigenvalue weighted by Crippen LogP contribution is 2.60. The fraction of sp³-hybridized carbons (Fsp3) is 0.645. The normalized spacial score (nSPS) is 26.1. The molecule has 246 valence electrons. The maximum Gasteiger partial charge on any atom is 0.305 e. The number of aryl methyl sites for hydroxylation is 1. The molecular formula is C31H45FN6O6Si. The molecule has 1 spiro atoms. The number of carbonyl (C=O) groups is 3. The average Bonchev–Trinajstić information content (AvgIpc) is 3.78. The minimum absolute atomic E-state index is 0.0332. The Hall–Kier alpha value is -3.20. The van der Waals surface area contributed by atoms with Gasteiger partial charge in [-0.05, 0) is 69.9 Å². The standard InChI is InChI=1S/C31H45FN6O6Si/c1-20-28(45(3,4)32)26(12-16-37-19-22(13-17-39)35-36-37)44-31(20)23-18-21(34-29(41)24-8-7-14-33-24)10-11-25(23)38(30(31)42)15-6-5-9-27(40)43-2/h10-11,18-20,24,26,28,33,39H,5-9,12-17H2,1-4H3,(H,34,41)/t20-,24+,26+,28-,31+/m0/s1. The van der Waals surface area contributed by atoms with Crippen molar-refractivity contribution in [1.82, 2.24) is 20.3 Å². The number of nitrogens with zero attached hydrogens (tertiary/aromatic N) is 4. The number of fused-ring (bicyclic) bond motifs is 2. The molecule has 0 bridgehead atoms. The highest BCUT2D eigenvalue weighted by molar-refractivity contribution is 6.72. The quantitative estimate of drug-likeness (QED) is 0.130. The van der Waals surface area contributed by atoms with E-state index in [0.29, 0.717) is 61.4 Å². The molecule has 0 unspecified atom stereocenters. The van der Waals surface area contributed by atoms with Crippen molar-refractivity contribution in [1.29, 1.82) is 0 Å². The molecule has 2 fully saturated rings. The maximum atomic E-state index is 16.2. The van der Waals surface area contributed by atoms with Crippen molar-refractivity contribution in [2.75, 3.05) is 37.0 Å². The molecule has 0 saturated carbocycles. The Morgan fingerprint density at radius 3 is 2.78 bits per heavy atom. The van der Waals surface area contributed by atoms with Crippen LogP contribution in [0.2, 0.25) is 18.6 Å². The Balaban J connectivity index is 1.46. The van der Waals surface area contributed by atoms with E-state index >= 15 is 4.11 Å². The zero-order valence-electron chi connectivity index (χ0n) is 26.6. The Kier molecular flexibility index (Phi) is 10.1. The van der Waals surface area contributed by atoms with Gasteiger partial charge in [-0.1, -0.05) is 12.1 Å². The molecule has 2 amide bonds. The first-order valence-electron chi connectivity index (χ1n) is 15.9. The number of methoxy groups -OCH3 is 1. The molecule has 2 aromatic rings. The summed E-state index contributed by atoms with van der Waals surface area (Å²) in [6.07, 6.45) is 5.06. The molecule has 2 saturated heterocycles. The molecule has 5 rings (SSSR count). The summed E-state index contributed by atoms with van der Waals surface area (Å²) in [5.74, 6) is -1.17. The molecule has 0 radical (unpaired) electrons. The van der Waals surface area contributed by atoms with Crippen molar-refractivity contribution in [2.45, 2.75) is 94.8 Å². The first-order valence-corrected chi connectivity index (χ1v) is 18.9. The van der Waals surface area contributed by atoms with Crippen LogP contribution < -0.4 is 15.5 Å². The average molecular weight is 645 g/mol. The van der Waals surface area contributed by atoms with E-state index in [1.165, 1.54) is 7.11 Å². The van der Waals surface area contributed by atoms with Gasteiger partial charge in [0.1, 0.15) is 0 Å². The van der Waals surface area contributed by atoms with Crippen molar-refractivity contribution in [2.24, 2.45) is 5.92 Å². The summed E-state index contributed by atoms with van der Waals surface area (Å²) in [6.45, 7) is 6.76. The van der Waals surface area contributed by atoms with Crippen molar-refractivity contribution in [3.63, 3.8) is 0 Å². The monoisotopic (exact) mass is 644 g/mol. The largest absolute Gasteiger partial charge is 0.469 e. The molecule has 4 heterocycles. The Morgan fingerprint density at radius 2 is 2.09 bits per heavy atom. The van der Waals surface area contributed by atoms with Gasteiger partial charge in [-0.15, -0.1) is 5.10 Å². The van der Waals surface area contributed by atoms with E-state index in [1.54, 1.807) is 34.9 Å². The van der Waals surface area contributed by atoms with E-state index in [4.69, 9.17) is 9.47 Å². The number of benzene rings is 1. The smallest absolute Gasteiger partial charge is 0.305 e. The second-order valence-corrected chi connectivity index (χ2v) is 16.7. The van der Waals surface area contributed by atoms with Crippen LogP contribution in [-0.2, 0) is 42.4 Å². The number of anilines is 2. The SMILES string of the molecule is COC(=O)CCCCN1C(=O)[C@]2(O[C@H](CCn3cc(CCO)nn3)[C@@H]([Si](C)(C)F)[C@@H]2C)c2cc(NC(=O)[C@H]3CCCN3)ccc21. The van der Waals surface area contributed by atoms with Crippen LogP contribution in [0.3, 0.4) is 0 Å². The lowest BCUT2D eigenvalue weighted by atomic mass is 9.82. The van der Waals surface area contributed by atoms with Gasteiger partial charge < -0.3 is 34.2 Å². The lowest BCUT2D eigenvalue weighted by Gasteiger charge is -2.31. The topological polar surface area (TPSA) is 148 Å². The van der Waals surface area contributed by atoms with Crippen LogP contribution in [-0.4, -0.2) is 85.2 Å². The highest BCUT2D eigenvalue weighted by Gasteiger charge is 2.66. The lowest BCUT2D eigenvalue weighted by molar-refractivity contribution is -0.146. The van der Waals surface area contributed by atoms with Crippen LogP contribution in [0.4, 0.5) is 15.5 Å². The van der Waals surface area contributed by atoms with Crippen molar-refractivity contribution in [3.05, 3.63) is 35.7 Å². The van der Waals surface area contributed by atoms with Crippen LogP contribution in [0.25, 0.3) is 0 Å². The number of aliphatic hydroxyl groups excluding tert-OH is 1. The molecule has 0 aliphatic carbocycles. The van der Waals surface area contributed by atoms with Gasteiger partial charge >= 0.3 is 5.97 Å². The van der Waals surface area contributed by atoms with E-state index in [1.807, 2.05) is 19.1 Å². The van der Waals surface area contributed by atoms with Crippen LogP contribution in [0.5, 0.6) is 0 Å². The third-order valence-corrected chi connectivity index (χ3v) is 11.9. The van der Waals surface area contributed by atoms with Crippen LogP contribution in [0.15, 0.2) is 24.4 Å². The highest BCUT2D eigenvalue weighted by atomic mass is 28.4. The minimum atomic E-state index is -3.37. The molecule has 3 N–H and O–H groups in total. The second-order valence-electron chi connectivity index (χ2n) is 12.9. The minimum Gasteiger partial charge on any atom is -0.469 e. The Labute approximate surface area is 264 Å². The molecule has 3 aliphatic rings. The summed E-state index contributed by atoms with van der Waals surface area (Å²) in [4.78, 5) is 40.9. The summed E-state index contributed by atoms with van der Waals surface area (Å²) >= 11 is 0. The van der Waals surface area contributed by atoms with Crippen molar-refractivity contribution in [3.8, 4) is 0 Å². The first kappa shape index (κ1) is 33.2. The van der Waals surface area contributed by atoms with Crippen LogP contribution >= 0.6 is 0 Å². The molecule has 1 aromatic heterocycles. The van der Waals surface area contributed by atoms with Gasteiger partial charge in [0.15, 0.2) is 5.60 Å². The third-order valence-electron chi connectivity index (χ3n) is 9.44. The Bertz CT molecular complexity index is 1390. The number of hydrogen-bond donors (Lipinski definition) is 3. The van der Waals surface area contributed by atoms with Gasteiger partial charge in [-0.2, -0.15) is 0 Å². The van der Waals surface area contributed by atoms with Crippen LogP contribution in [0.1, 0.15) is 56.7 Å². The third kappa shape index (κ3) is 6.69. The van der Waals surface area contributed by atoms with E-state index in [9.17, 15) is 19.5 Å². The number of unbranched alkanes of at least 4 members (excludes halogenated alkanes) is 1. The number of ether oxygens (including phenoxy) is 2. The number of carbonyl (C=O) groups excluding carboxylic acids is 3. The van der Waals surface area contributed by atoms with Gasteiger partial charge in [-0.3, -0.25) is 19.1 Å². The Morgan fingerprint density at radius 1 is 1.29 bits per heavy atom. The number of aliphatic hydroxyl groups is 1. The number of amides is 2. The van der Waals surface area contributed by atoms with Crippen LogP contribution in [0, 0.1) is 5.92 Å². The fourth-order valence-corrected chi connectivity index (χ4v) is 9.87. The van der Waals surface area contributed by atoms with Gasteiger partial charge in [-0.25, -0.2) is 0 Å². The second kappa shape index (κ2) is 13.7. The van der Waals surface area contributed by atoms with E-state index in [2.05, 4.69) is 20.9 Å². The molecular weight excluding hydrogens is 599 g/mol. The number of halogens is 1. The summed E-state index contributed by atoms with van der Waals surface area (Å²) in [7, 11) is -2.02. The van der Waals surface area contributed by atoms with Crippen molar-refractivity contribution < 1.29 is 33.1 Å². The lowest BCUT2D eigenvalue weighted by Crippen LogP contribution is -2.45. The number of rotatable bonds is 13. The number of hydrogen-bond acceptors (Lipinski definition) is 9. The van der Waals surface area contributed by atoms with E-state index in [-0.39, 0.29) is 36.9 Å². The molecule has 3 aliphatic heterocycles. The molecule has 1 aromatic carbocycles. The maximum absolute atomic E-state index is 16.2.